The van der Waals surface area contributed by atoms with E-state index in [1.54, 1.807) is 30.3 Å². The maximum Gasteiger partial charge on any atom is 0.305 e. The Labute approximate surface area is 249 Å². The molecule has 0 bridgehead atoms. The number of carboxylic acids is 1. The van der Waals surface area contributed by atoms with Crippen LogP contribution in [0.3, 0.4) is 0 Å². The van der Waals surface area contributed by atoms with Crippen molar-refractivity contribution in [2.24, 2.45) is 10.7 Å². The van der Waals surface area contributed by atoms with Crippen LogP contribution in [0.4, 0.5) is 11.4 Å². The maximum atomic E-state index is 12.4. The summed E-state index contributed by atoms with van der Waals surface area (Å²) in [5.74, 6) is -0.786. The summed E-state index contributed by atoms with van der Waals surface area (Å²) >= 11 is 12.5. The van der Waals surface area contributed by atoms with Gasteiger partial charge in [0.05, 0.1) is 19.6 Å². The molecule has 3 aromatic carbocycles. The van der Waals surface area contributed by atoms with Gasteiger partial charge < -0.3 is 26.4 Å². The molecule has 1 amide bonds. The molecule has 10 heteroatoms. The highest BCUT2D eigenvalue weighted by Crippen LogP contribution is 2.29. The van der Waals surface area contributed by atoms with Crippen LogP contribution in [0, 0.1) is 0 Å². The van der Waals surface area contributed by atoms with Crippen LogP contribution in [0.5, 0.6) is 0 Å². The van der Waals surface area contributed by atoms with Gasteiger partial charge in [0.2, 0.25) is 5.96 Å². The van der Waals surface area contributed by atoms with E-state index in [2.05, 4.69) is 46.0 Å². The van der Waals surface area contributed by atoms with Gasteiger partial charge in [-0.05, 0) is 84.8 Å². The van der Waals surface area contributed by atoms with E-state index in [0.29, 0.717) is 33.8 Å². The minimum absolute atomic E-state index is 0.0492. The molecule has 0 unspecified atom stereocenters. The molecule has 41 heavy (non-hydrogen) atoms. The highest BCUT2D eigenvalue weighted by atomic mass is 35.5. The summed E-state index contributed by atoms with van der Waals surface area (Å²) < 4.78 is 0. The number of carbonyl (C=O) groups is 2. The fourth-order valence-electron chi connectivity index (χ4n) is 4.61. The Morgan fingerprint density at radius 3 is 2.29 bits per heavy atom. The Balaban J connectivity index is 1.61. The predicted molar refractivity (Wildman–Crippen MR) is 167 cm³/mol. The van der Waals surface area contributed by atoms with E-state index < -0.39 is 5.97 Å². The van der Waals surface area contributed by atoms with E-state index in [0.717, 1.165) is 24.1 Å². The zero-order valence-electron chi connectivity index (χ0n) is 22.6. The third-order valence-corrected chi connectivity index (χ3v) is 7.07. The van der Waals surface area contributed by atoms with Gasteiger partial charge in [0.15, 0.2) is 0 Å². The van der Waals surface area contributed by atoms with Crippen LogP contribution in [-0.4, -0.2) is 36.2 Å². The number of carboxylic acid groups (broad SMARTS) is 1. The lowest BCUT2D eigenvalue weighted by atomic mass is 9.93. The number of hydrogen-bond acceptors (Lipinski definition) is 4. The van der Waals surface area contributed by atoms with Crippen LogP contribution in [0.1, 0.15) is 53.6 Å². The number of nitrogens with zero attached hydrogens (tertiary/aromatic N) is 2. The Bertz CT molecular complexity index is 1400. The van der Waals surface area contributed by atoms with Crippen LogP contribution in [0.25, 0.3) is 5.57 Å². The molecule has 3 aromatic rings. The van der Waals surface area contributed by atoms with Crippen molar-refractivity contribution in [3.63, 3.8) is 0 Å². The topological polar surface area (TPSA) is 120 Å². The van der Waals surface area contributed by atoms with Gasteiger partial charge in [-0.3, -0.25) is 9.59 Å². The first-order valence-corrected chi connectivity index (χ1v) is 14.2. The average molecular weight is 595 g/mol. The molecule has 0 spiro atoms. The predicted octanol–water partition coefficient (Wildman–Crippen LogP) is 6.55. The number of halogens is 2. The number of guanidine groups is 1. The van der Waals surface area contributed by atoms with Gasteiger partial charge in [0.1, 0.15) is 0 Å². The summed E-state index contributed by atoms with van der Waals surface area (Å²) in [5, 5.41) is 15.7. The molecular formula is C31H33Cl2N5O3. The molecule has 4 rings (SSSR count). The molecular weight excluding hydrogens is 561 g/mol. The van der Waals surface area contributed by atoms with E-state index in [-0.39, 0.29) is 25.5 Å². The van der Waals surface area contributed by atoms with Crippen molar-refractivity contribution in [2.45, 2.75) is 38.6 Å². The first kappa shape index (κ1) is 30.1. The van der Waals surface area contributed by atoms with Crippen molar-refractivity contribution in [2.75, 3.05) is 23.4 Å². The lowest BCUT2D eigenvalue weighted by Gasteiger charge is -2.28. The highest BCUT2D eigenvalue weighted by molar-refractivity contribution is 6.35. The van der Waals surface area contributed by atoms with Gasteiger partial charge in [-0.1, -0.05) is 53.5 Å². The smallest absolute Gasteiger partial charge is 0.305 e. The lowest BCUT2D eigenvalue weighted by molar-refractivity contribution is -0.136. The molecule has 0 fully saturated rings. The van der Waals surface area contributed by atoms with Crippen LogP contribution in [0.2, 0.25) is 10.0 Å². The summed E-state index contributed by atoms with van der Waals surface area (Å²) in [5.41, 5.74) is 11.4. The number of nitrogens with one attached hydrogen (secondary N) is 2. The molecule has 0 atom stereocenters. The quantitative estimate of drug-likeness (QED) is 0.156. The maximum absolute atomic E-state index is 12.4. The molecule has 0 saturated carbocycles. The lowest BCUT2D eigenvalue weighted by Crippen LogP contribution is -2.37. The molecule has 0 radical (unpaired) electrons. The van der Waals surface area contributed by atoms with Crippen LogP contribution < -0.4 is 21.3 Å². The molecule has 0 saturated heterocycles. The Hall–Kier alpha value is -3.85. The minimum atomic E-state index is -0.965. The Morgan fingerprint density at radius 2 is 1.68 bits per heavy atom. The molecule has 0 heterocycles. The first-order chi connectivity index (χ1) is 19.8. The third kappa shape index (κ3) is 8.82. The van der Waals surface area contributed by atoms with Crippen molar-refractivity contribution in [1.29, 1.82) is 0 Å². The zero-order valence-corrected chi connectivity index (χ0v) is 24.1. The largest absolute Gasteiger partial charge is 0.481 e. The van der Waals surface area contributed by atoms with Gasteiger partial charge in [-0.15, -0.1) is 0 Å². The highest BCUT2D eigenvalue weighted by Gasteiger charge is 2.17. The number of hydrogen-bond donors (Lipinski definition) is 4. The van der Waals surface area contributed by atoms with Gasteiger partial charge in [-0.2, -0.15) is 0 Å². The number of amides is 1. The second-order valence-corrected chi connectivity index (χ2v) is 10.5. The molecule has 0 aromatic heterocycles. The molecule has 1 aliphatic rings. The van der Waals surface area contributed by atoms with Gasteiger partial charge in [0.25, 0.3) is 5.91 Å². The van der Waals surface area contributed by atoms with Gasteiger partial charge in [0, 0.05) is 33.5 Å². The molecule has 214 valence electrons. The number of allylic oxidation sites excluding steroid dienone is 2. The SMILES string of the molecule is NC/N=C(/Nc1cc(Cl)cc(Cl)c1)N(Cc1ccc(C(=O)NCCC(=O)O)cc1)c1ccc(C2=CCCCC2)cc1. The fourth-order valence-corrected chi connectivity index (χ4v) is 5.13. The second kappa shape index (κ2) is 14.7. The number of aliphatic imine (C=N–C) groups is 1. The van der Waals surface area contributed by atoms with Crippen LogP contribution in [-0.2, 0) is 11.3 Å². The van der Waals surface area contributed by atoms with E-state index >= 15 is 0 Å². The summed E-state index contributed by atoms with van der Waals surface area (Å²) in [6, 6.07) is 20.7. The molecule has 5 N–H and O–H groups in total. The Morgan fingerprint density at radius 1 is 0.976 bits per heavy atom. The summed E-state index contributed by atoms with van der Waals surface area (Å²) in [6.45, 7) is 0.533. The molecule has 1 aliphatic carbocycles. The van der Waals surface area contributed by atoms with Gasteiger partial charge in [-0.25, -0.2) is 4.99 Å². The van der Waals surface area contributed by atoms with Crippen molar-refractivity contribution in [3.05, 3.63) is 99.5 Å². The molecule has 0 aliphatic heterocycles. The van der Waals surface area contributed by atoms with E-state index in [1.165, 1.54) is 24.0 Å². The van der Waals surface area contributed by atoms with E-state index in [1.807, 2.05) is 17.0 Å². The average Bonchev–Trinajstić information content (AvgIpc) is 2.96. The summed E-state index contributed by atoms with van der Waals surface area (Å²) in [6.07, 6.45) is 6.81. The van der Waals surface area contributed by atoms with Crippen molar-refractivity contribution < 1.29 is 14.7 Å². The Kier molecular flexibility index (Phi) is 10.8. The fraction of sp³-hybridized carbons (Fsp3) is 0.258. The molecule has 8 nitrogen and oxygen atoms in total. The number of benzene rings is 3. The van der Waals surface area contributed by atoms with Crippen LogP contribution in [0.15, 0.2) is 77.8 Å². The summed E-state index contributed by atoms with van der Waals surface area (Å²) in [7, 11) is 0. The van der Waals surface area contributed by atoms with Crippen molar-refractivity contribution in [1.82, 2.24) is 5.32 Å². The standard InChI is InChI=1S/C31H33Cl2N5O3/c32-25-16-26(33)18-27(17-25)37-31(36-20-34)38(28-12-10-23(11-13-28)22-4-2-1-3-5-22)19-21-6-8-24(9-7-21)30(41)35-15-14-29(39)40/h4,6-13,16-18H,1-3,5,14-15,19-20,34H2,(H,35,41)(H,36,37)(H,39,40). The monoisotopic (exact) mass is 593 g/mol. The zero-order chi connectivity index (χ0) is 29.2. The number of aliphatic carboxylic acids is 1. The van der Waals surface area contributed by atoms with Crippen LogP contribution >= 0.6 is 23.2 Å². The van der Waals surface area contributed by atoms with E-state index in [9.17, 15) is 9.59 Å². The second-order valence-electron chi connectivity index (χ2n) is 9.65. The van der Waals surface area contributed by atoms with Crippen molar-refractivity contribution in [3.8, 4) is 0 Å². The summed E-state index contributed by atoms with van der Waals surface area (Å²) in [4.78, 5) is 29.7. The van der Waals surface area contributed by atoms with E-state index in [4.69, 9.17) is 34.0 Å². The third-order valence-electron chi connectivity index (χ3n) is 6.64. The number of rotatable bonds is 10. The normalized spacial score (nSPS) is 13.3. The first-order valence-electron chi connectivity index (χ1n) is 13.5. The number of nitrogens with two attached hydrogens (primary N) is 1. The van der Waals surface area contributed by atoms with Gasteiger partial charge >= 0.3 is 5.97 Å². The number of carbonyl (C=O) groups excluding carboxylic acids is 1. The number of anilines is 2. The minimum Gasteiger partial charge on any atom is -0.481 e. The van der Waals surface area contributed by atoms with Crippen molar-refractivity contribution >= 4 is 58.0 Å².